The molecule has 1 aliphatic rings. The highest BCUT2D eigenvalue weighted by Gasteiger charge is 2.47. The quantitative estimate of drug-likeness (QED) is 0.466. The van der Waals surface area contributed by atoms with E-state index in [0.717, 1.165) is 12.1 Å². The summed E-state index contributed by atoms with van der Waals surface area (Å²) in [5, 5.41) is 2.45. The highest BCUT2D eigenvalue weighted by molar-refractivity contribution is 7.92. The molecule has 0 spiro atoms. The Hall–Kier alpha value is -3.24. The number of anilines is 2. The first-order valence-electron chi connectivity index (χ1n) is 9.40. The minimum atomic E-state index is -5.60. The number of hydrogen-bond donors (Lipinski definition) is 3. The first-order chi connectivity index (χ1) is 15.7. The lowest BCUT2D eigenvalue weighted by Crippen LogP contribution is -2.35. The summed E-state index contributed by atoms with van der Waals surface area (Å²) in [7, 11) is -8.32. The van der Waals surface area contributed by atoms with Gasteiger partial charge in [0.1, 0.15) is 6.04 Å². The number of nitrogens with one attached hydrogen (secondary N) is 3. The van der Waals surface area contributed by atoms with Crippen molar-refractivity contribution in [3.63, 3.8) is 0 Å². The maximum atomic E-state index is 13.0. The molecule has 1 fully saturated rings. The maximum Gasteiger partial charge on any atom is 0.501 e. The maximum absolute atomic E-state index is 13.0. The van der Waals surface area contributed by atoms with Crippen molar-refractivity contribution in [1.29, 1.82) is 0 Å². The zero-order valence-corrected chi connectivity index (χ0v) is 19.1. The van der Waals surface area contributed by atoms with Crippen LogP contribution in [0.25, 0.3) is 0 Å². The SMILES string of the molecule is CNS(=O)(=O)Nc1cnccc1C(C)C1NC(=O)N(c2ccc(S(=O)(=O)C(F)(F)F)cc2)C1=O. The van der Waals surface area contributed by atoms with E-state index in [9.17, 15) is 39.6 Å². The Morgan fingerprint density at radius 2 is 1.71 bits per heavy atom. The fourth-order valence-corrected chi connectivity index (χ4v) is 4.58. The molecule has 2 aromatic rings. The van der Waals surface area contributed by atoms with E-state index in [1.54, 1.807) is 6.92 Å². The van der Waals surface area contributed by atoms with Gasteiger partial charge in [0.05, 0.1) is 22.5 Å². The summed E-state index contributed by atoms with van der Waals surface area (Å²) in [5.41, 5.74) is -5.26. The molecule has 2 unspecified atom stereocenters. The Bertz CT molecular complexity index is 1330. The summed E-state index contributed by atoms with van der Waals surface area (Å²) >= 11 is 0. The summed E-state index contributed by atoms with van der Waals surface area (Å²) in [5.74, 6) is -1.54. The van der Waals surface area contributed by atoms with Crippen molar-refractivity contribution in [3.8, 4) is 0 Å². The molecule has 3 N–H and O–H groups in total. The number of sulfone groups is 1. The number of aromatic nitrogens is 1. The van der Waals surface area contributed by atoms with Gasteiger partial charge >= 0.3 is 11.5 Å². The van der Waals surface area contributed by atoms with Gasteiger partial charge in [-0.25, -0.2) is 22.8 Å². The number of urea groups is 1. The minimum absolute atomic E-state index is 0.0616. The van der Waals surface area contributed by atoms with E-state index in [1.165, 1.54) is 25.5 Å². The molecule has 2 heterocycles. The number of hydrogen-bond acceptors (Lipinski definition) is 7. The molecule has 34 heavy (non-hydrogen) atoms. The van der Waals surface area contributed by atoms with Crippen LogP contribution in [0.5, 0.6) is 0 Å². The molecular formula is C18H18F3N5O6S2. The Labute approximate surface area is 192 Å². The Morgan fingerprint density at radius 3 is 2.26 bits per heavy atom. The van der Waals surface area contributed by atoms with E-state index in [4.69, 9.17) is 0 Å². The zero-order chi connectivity index (χ0) is 25.5. The number of carbonyl (C=O) groups is 2. The van der Waals surface area contributed by atoms with Crippen molar-refractivity contribution in [2.45, 2.75) is 29.3 Å². The Balaban J connectivity index is 1.89. The van der Waals surface area contributed by atoms with Crippen LogP contribution in [-0.4, -0.2) is 52.4 Å². The van der Waals surface area contributed by atoms with Crippen molar-refractivity contribution in [3.05, 3.63) is 48.3 Å². The van der Waals surface area contributed by atoms with E-state index >= 15 is 0 Å². The van der Waals surface area contributed by atoms with E-state index in [-0.39, 0.29) is 11.4 Å². The van der Waals surface area contributed by atoms with Gasteiger partial charge in [0.15, 0.2) is 0 Å². The number of pyridine rings is 1. The standard InChI is InChI=1S/C18H18F3N5O6S2/c1-10(13-7-8-23-9-14(13)25-34(31,32)22-2)15-16(27)26(17(28)24-15)11-3-5-12(6-4-11)33(29,30)18(19,20)21/h3-10,15,22,25H,1-2H3,(H,24,28). The normalized spacial score (nSPS) is 18.0. The molecule has 0 saturated carbocycles. The molecule has 1 aliphatic heterocycles. The van der Waals surface area contributed by atoms with Crippen LogP contribution in [0.2, 0.25) is 0 Å². The molecule has 184 valence electrons. The fraction of sp³-hybridized carbons (Fsp3) is 0.278. The van der Waals surface area contributed by atoms with Crippen LogP contribution < -0.4 is 19.7 Å². The number of amides is 3. The van der Waals surface area contributed by atoms with Crippen LogP contribution in [0, 0.1) is 0 Å². The van der Waals surface area contributed by atoms with Crippen molar-refractivity contribution < 1.29 is 39.6 Å². The third kappa shape index (κ3) is 4.69. The summed E-state index contributed by atoms with van der Waals surface area (Å²) in [6.07, 6.45) is 2.58. The summed E-state index contributed by atoms with van der Waals surface area (Å²) < 4.78 is 89.3. The topological polar surface area (TPSA) is 155 Å². The Morgan fingerprint density at radius 1 is 1.09 bits per heavy atom. The molecule has 3 rings (SSSR count). The van der Waals surface area contributed by atoms with E-state index < -0.39 is 54.3 Å². The van der Waals surface area contributed by atoms with Crippen LogP contribution in [0.15, 0.2) is 47.6 Å². The molecule has 1 aromatic carbocycles. The van der Waals surface area contributed by atoms with Gasteiger partial charge < -0.3 is 5.32 Å². The van der Waals surface area contributed by atoms with Crippen molar-refractivity contribution in [2.24, 2.45) is 0 Å². The van der Waals surface area contributed by atoms with Gasteiger partial charge in [-0.15, -0.1) is 0 Å². The molecule has 0 bridgehead atoms. The predicted molar refractivity (Wildman–Crippen MR) is 114 cm³/mol. The third-order valence-corrected chi connectivity index (χ3v) is 7.57. The van der Waals surface area contributed by atoms with Crippen LogP contribution in [0.3, 0.4) is 0 Å². The first-order valence-corrected chi connectivity index (χ1v) is 12.4. The predicted octanol–water partition coefficient (Wildman–Crippen LogP) is 1.48. The van der Waals surface area contributed by atoms with E-state index in [2.05, 4.69) is 19.7 Å². The summed E-state index contributed by atoms with van der Waals surface area (Å²) in [6.45, 7) is 1.55. The van der Waals surface area contributed by atoms with Gasteiger partial charge in [0, 0.05) is 19.2 Å². The Kier molecular flexibility index (Phi) is 6.60. The second-order valence-electron chi connectivity index (χ2n) is 7.11. The van der Waals surface area contributed by atoms with Gasteiger partial charge in [0.2, 0.25) is 0 Å². The smallest absolute Gasteiger partial charge is 0.325 e. The van der Waals surface area contributed by atoms with E-state index in [0.29, 0.717) is 22.6 Å². The van der Waals surface area contributed by atoms with Gasteiger partial charge in [-0.3, -0.25) is 14.5 Å². The third-order valence-electron chi connectivity index (χ3n) is 5.04. The number of alkyl halides is 3. The van der Waals surface area contributed by atoms with Gasteiger partial charge in [-0.2, -0.15) is 21.6 Å². The summed E-state index contributed by atoms with van der Waals surface area (Å²) in [4.78, 5) is 29.0. The number of rotatable bonds is 7. The van der Waals surface area contributed by atoms with Crippen LogP contribution in [0.1, 0.15) is 18.4 Å². The van der Waals surface area contributed by atoms with Gasteiger partial charge in [-0.1, -0.05) is 6.92 Å². The number of imide groups is 1. The van der Waals surface area contributed by atoms with Crippen LogP contribution >= 0.6 is 0 Å². The minimum Gasteiger partial charge on any atom is -0.325 e. The van der Waals surface area contributed by atoms with Crippen LogP contribution in [0.4, 0.5) is 29.3 Å². The van der Waals surface area contributed by atoms with Gasteiger partial charge in [-0.05, 0) is 35.9 Å². The lowest BCUT2D eigenvalue weighted by Gasteiger charge is -2.21. The monoisotopic (exact) mass is 521 g/mol. The van der Waals surface area contributed by atoms with Crippen LogP contribution in [-0.2, 0) is 24.8 Å². The number of benzene rings is 1. The molecule has 1 aromatic heterocycles. The average molecular weight is 521 g/mol. The molecule has 0 radical (unpaired) electrons. The molecular weight excluding hydrogens is 503 g/mol. The average Bonchev–Trinajstić information content (AvgIpc) is 3.06. The molecule has 16 heteroatoms. The van der Waals surface area contributed by atoms with Crippen molar-refractivity contribution in [2.75, 3.05) is 16.7 Å². The lowest BCUT2D eigenvalue weighted by atomic mass is 9.93. The second-order valence-corrected chi connectivity index (χ2v) is 10.7. The largest absolute Gasteiger partial charge is 0.501 e. The second kappa shape index (κ2) is 8.84. The molecule has 1 saturated heterocycles. The molecule has 2 atom stereocenters. The number of nitrogens with zero attached hydrogens (tertiary/aromatic N) is 2. The lowest BCUT2D eigenvalue weighted by molar-refractivity contribution is -0.118. The zero-order valence-electron chi connectivity index (χ0n) is 17.5. The van der Waals surface area contributed by atoms with Crippen molar-refractivity contribution in [1.82, 2.24) is 15.0 Å². The fourth-order valence-electron chi connectivity index (χ4n) is 3.25. The van der Waals surface area contributed by atoms with E-state index in [1.807, 2.05) is 0 Å². The first kappa shape index (κ1) is 25.4. The number of halogens is 3. The highest BCUT2D eigenvalue weighted by atomic mass is 32.2. The van der Waals surface area contributed by atoms with Gasteiger partial charge in [0.25, 0.3) is 26.0 Å². The molecule has 3 amide bonds. The summed E-state index contributed by atoms with van der Waals surface area (Å²) in [6, 6.07) is 2.50. The molecule has 0 aliphatic carbocycles. The highest BCUT2D eigenvalue weighted by Crippen LogP contribution is 2.34. The molecule has 11 nitrogen and oxygen atoms in total. The van der Waals surface area contributed by atoms with Crippen molar-refractivity contribution >= 4 is 43.4 Å². The number of carbonyl (C=O) groups excluding carboxylic acids is 2.